The van der Waals surface area contributed by atoms with E-state index >= 15 is 0 Å². The molecule has 1 rings (SSSR count). The molecule has 0 saturated heterocycles. The van der Waals surface area contributed by atoms with E-state index in [1.54, 1.807) is 11.8 Å². The SMILES string of the molecule is CC(C)C(NC(=O)CSCc1ccccc1Cl)C(C)C. The first-order valence-corrected chi connectivity index (χ1v) is 8.55. The van der Waals surface area contributed by atoms with Crippen molar-refractivity contribution in [2.75, 3.05) is 5.75 Å². The van der Waals surface area contributed by atoms with E-state index in [4.69, 9.17) is 11.6 Å². The first kappa shape index (κ1) is 17.4. The predicted molar refractivity (Wildman–Crippen MR) is 89.2 cm³/mol. The number of halogens is 1. The van der Waals surface area contributed by atoms with Gasteiger partial charge in [-0.2, -0.15) is 0 Å². The van der Waals surface area contributed by atoms with Gasteiger partial charge in [0.25, 0.3) is 0 Å². The number of amides is 1. The molecular weight excluding hydrogens is 290 g/mol. The zero-order valence-electron chi connectivity index (χ0n) is 12.7. The molecule has 0 aromatic heterocycles. The van der Waals surface area contributed by atoms with Crippen LogP contribution >= 0.6 is 23.4 Å². The maximum absolute atomic E-state index is 12.0. The zero-order valence-corrected chi connectivity index (χ0v) is 14.2. The molecule has 0 aliphatic carbocycles. The summed E-state index contributed by atoms with van der Waals surface area (Å²) in [6, 6.07) is 8.00. The number of hydrogen-bond donors (Lipinski definition) is 1. The van der Waals surface area contributed by atoms with Gasteiger partial charge in [-0.1, -0.05) is 57.5 Å². The van der Waals surface area contributed by atoms with Crippen molar-refractivity contribution in [3.63, 3.8) is 0 Å². The summed E-state index contributed by atoms with van der Waals surface area (Å²) in [6.07, 6.45) is 0. The Kier molecular flexibility index (Phi) is 7.46. The van der Waals surface area contributed by atoms with Crippen LogP contribution in [0, 0.1) is 11.8 Å². The molecule has 0 heterocycles. The Morgan fingerprint density at radius 2 is 1.80 bits per heavy atom. The van der Waals surface area contributed by atoms with Gasteiger partial charge >= 0.3 is 0 Å². The van der Waals surface area contributed by atoms with Crippen molar-refractivity contribution in [1.29, 1.82) is 0 Å². The standard InChI is InChI=1S/C16H24ClNOS/c1-11(2)16(12(3)4)18-15(19)10-20-9-13-7-5-6-8-14(13)17/h5-8,11-12,16H,9-10H2,1-4H3,(H,18,19). The minimum absolute atomic E-state index is 0.106. The molecule has 0 aliphatic rings. The topological polar surface area (TPSA) is 29.1 Å². The lowest BCUT2D eigenvalue weighted by Crippen LogP contribution is -2.43. The van der Waals surface area contributed by atoms with Crippen molar-refractivity contribution in [3.8, 4) is 0 Å². The van der Waals surface area contributed by atoms with Crippen molar-refractivity contribution in [1.82, 2.24) is 5.32 Å². The van der Waals surface area contributed by atoms with Crippen LogP contribution in [-0.2, 0) is 10.5 Å². The third-order valence-electron chi connectivity index (χ3n) is 3.21. The van der Waals surface area contributed by atoms with E-state index in [2.05, 4.69) is 33.0 Å². The first-order chi connectivity index (χ1) is 9.41. The fourth-order valence-electron chi connectivity index (χ4n) is 2.20. The Morgan fingerprint density at radius 1 is 1.20 bits per heavy atom. The highest BCUT2D eigenvalue weighted by Crippen LogP contribution is 2.20. The van der Waals surface area contributed by atoms with E-state index in [1.165, 1.54) is 0 Å². The average Bonchev–Trinajstić information content (AvgIpc) is 2.37. The second kappa shape index (κ2) is 8.58. The Morgan fingerprint density at radius 3 is 2.35 bits per heavy atom. The van der Waals surface area contributed by atoms with Gasteiger partial charge in [0.1, 0.15) is 0 Å². The van der Waals surface area contributed by atoms with Crippen LogP contribution in [0.15, 0.2) is 24.3 Å². The molecule has 20 heavy (non-hydrogen) atoms. The van der Waals surface area contributed by atoms with E-state index in [1.807, 2.05) is 24.3 Å². The fourth-order valence-corrected chi connectivity index (χ4v) is 3.32. The molecule has 1 aromatic carbocycles. The van der Waals surface area contributed by atoms with E-state index < -0.39 is 0 Å². The summed E-state index contributed by atoms with van der Waals surface area (Å²) in [5, 5.41) is 3.89. The smallest absolute Gasteiger partial charge is 0.230 e. The molecule has 4 heteroatoms. The number of thioether (sulfide) groups is 1. The number of carbonyl (C=O) groups excluding carboxylic acids is 1. The number of nitrogens with one attached hydrogen (secondary N) is 1. The molecule has 0 radical (unpaired) electrons. The Hall–Kier alpha value is -0.670. The highest BCUT2D eigenvalue weighted by molar-refractivity contribution is 7.99. The average molecular weight is 314 g/mol. The summed E-state index contributed by atoms with van der Waals surface area (Å²) in [6.45, 7) is 8.56. The van der Waals surface area contributed by atoms with Crippen LogP contribution in [0.3, 0.4) is 0 Å². The summed E-state index contributed by atoms with van der Waals surface area (Å²) in [4.78, 5) is 12.0. The number of rotatable bonds is 7. The highest BCUT2D eigenvalue weighted by Gasteiger charge is 2.19. The van der Waals surface area contributed by atoms with Gasteiger partial charge in [0.2, 0.25) is 5.91 Å². The minimum atomic E-state index is 0.106. The predicted octanol–water partition coefficient (Wildman–Crippen LogP) is 4.37. The van der Waals surface area contributed by atoms with Crippen molar-refractivity contribution < 1.29 is 4.79 Å². The summed E-state index contributed by atoms with van der Waals surface area (Å²) >= 11 is 7.69. The molecule has 1 amide bonds. The van der Waals surface area contributed by atoms with Gasteiger partial charge in [-0.3, -0.25) is 4.79 Å². The summed E-state index contributed by atoms with van der Waals surface area (Å²) in [5.41, 5.74) is 1.08. The molecular formula is C16H24ClNOS. The lowest BCUT2D eigenvalue weighted by atomic mass is 9.93. The van der Waals surface area contributed by atoms with Crippen molar-refractivity contribution in [2.45, 2.75) is 39.5 Å². The van der Waals surface area contributed by atoms with E-state index in [0.717, 1.165) is 16.3 Å². The maximum atomic E-state index is 12.0. The molecule has 0 saturated carbocycles. The van der Waals surface area contributed by atoms with Crippen molar-refractivity contribution in [3.05, 3.63) is 34.9 Å². The van der Waals surface area contributed by atoms with Gasteiger partial charge in [0, 0.05) is 16.8 Å². The van der Waals surface area contributed by atoms with Crippen LogP contribution in [0.5, 0.6) is 0 Å². The second-order valence-corrected chi connectivity index (χ2v) is 7.06. The Bertz CT molecular complexity index is 426. The normalized spacial score (nSPS) is 11.4. The Labute approximate surface area is 131 Å². The van der Waals surface area contributed by atoms with Gasteiger partial charge in [-0.15, -0.1) is 11.8 Å². The molecule has 0 aliphatic heterocycles. The lowest BCUT2D eigenvalue weighted by molar-refractivity contribution is -0.119. The summed E-state index contributed by atoms with van der Waals surface area (Å²) < 4.78 is 0. The second-order valence-electron chi connectivity index (χ2n) is 5.67. The van der Waals surface area contributed by atoms with Crippen molar-refractivity contribution in [2.24, 2.45) is 11.8 Å². The van der Waals surface area contributed by atoms with E-state index in [-0.39, 0.29) is 11.9 Å². The van der Waals surface area contributed by atoms with Crippen LogP contribution in [0.25, 0.3) is 0 Å². The molecule has 0 bridgehead atoms. The van der Waals surface area contributed by atoms with Crippen LogP contribution in [0.2, 0.25) is 5.02 Å². The van der Waals surface area contributed by atoms with Crippen molar-refractivity contribution >= 4 is 29.3 Å². The molecule has 0 fully saturated rings. The molecule has 0 spiro atoms. The molecule has 0 unspecified atom stereocenters. The molecule has 1 aromatic rings. The van der Waals surface area contributed by atoms with Crippen LogP contribution in [0.1, 0.15) is 33.3 Å². The van der Waals surface area contributed by atoms with Crippen LogP contribution < -0.4 is 5.32 Å². The highest BCUT2D eigenvalue weighted by atomic mass is 35.5. The number of hydrogen-bond acceptors (Lipinski definition) is 2. The van der Waals surface area contributed by atoms with Gasteiger partial charge in [-0.05, 0) is 23.5 Å². The zero-order chi connectivity index (χ0) is 15.1. The number of carbonyl (C=O) groups is 1. The van der Waals surface area contributed by atoms with Gasteiger partial charge in [0.05, 0.1) is 5.75 Å². The third kappa shape index (κ3) is 5.76. The summed E-state index contributed by atoms with van der Waals surface area (Å²) in [7, 11) is 0. The van der Waals surface area contributed by atoms with Gasteiger partial charge in [-0.25, -0.2) is 0 Å². The molecule has 2 nitrogen and oxygen atoms in total. The minimum Gasteiger partial charge on any atom is -0.352 e. The largest absolute Gasteiger partial charge is 0.352 e. The van der Waals surface area contributed by atoms with Gasteiger partial charge in [0.15, 0.2) is 0 Å². The monoisotopic (exact) mass is 313 g/mol. The molecule has 112 valence electrons. The molecule has 1 N–H and O–H groups in total. The fraction of sp³-hybridized carbons (Fsp3) is 0.562. The van der Waals surface area contributed by atoms with Crippen LogP contribution in [0.4, 0.5) is 0 Å². The molecule has 0 atom stereocenters. The van der Waals surface area contributed by atoms with E-state index in [0.29, 0.717) is 17.6 Å². The van der Waals surface area contributed by atoms with E-state index in [9.17, 15) is 4.79 Å². The Balaban J connectivity index is 2.38. The van der Waals surface area contributed by atoms with Gasteiger partial charge < -0.3 is 5.32 Å². The lowest BCUT2D eigenvalue weighted by Gasteiger charge is -2.26. The maximum Gasteiger partial charge on any atom is 0.230 e. The number of benzene rings is 1. The third-order valence-corrected chi connectivity index (χ3v) is 4.56. The van der Waals surface area contributed by atoms with Crippen LogP contribution in [-0.4, -0.2) is 17.7 Å². The quantitative estimate of drug-likeness (QED) is 0.810. The summed E-state index contributed by atoms with van der Waals surface area (Å²) in [5.74, 6) is 2.25. The first-order valence-electron chi connectivity index (χ1n) is 7.02.